The zero-order valence-electron chi connectivity index (χ0n) is 25.8. The van der Waals surface area contributed by atoms with Crippen LogP contribution in [0.3, 0.4) is 0 Å². The summed E-state index contributed by atoms with van der Waals surface area (Å²) in [6.45, 7) is 15.7. The SMILES string of the molecule is Cc1ccc(N(c2ccc(N(c3ccc(Br)cc3)c3ccc(C(C)(C)C)cc3)cc2)c2ccc(C(C)(C)C)cc2)cc1. The molecule has 0 bridgehead atoms. The Hall–Kier alpha value is -3.82. The van der Waals surface area contributed by atoms with E-state index >= 15 is 0 Å². The van der Waals surface area contributed by atoms with Crippen LogP contribution in [0.4, 0.5) is 34.1 Å². The fourth-order valence-corrected chi connectivity index (χ4v) is 5.41. The molecule has 0 aliphatic heterocycles. The molecule has 0 radical (unpaired) electrons. The molecular weight excluding hydrogens is 576 g/mol. The molecule has 0 aromatic heterocycles. The van der Waals surface area contributed by atoms with Crippen LogP contribution in [0.5, 0.6) is 0 Å². The topological polar surface area (TPSA) is 6.48 Å². The van der Waals surface area contributed by atoms with Crippen molar-refractivity contribution in [2.24, 2.45) is 0 Å². The van der Waals surface area contributed by atoms with Crippen LogP contribution in [-0.2, 0) is 10.8 Å². The predicted molar refractivity (Wildman–Crippen MR) is 186 cm³/mol. The molecule has 0 heterocycles. The van der Waals surface area contributed by atoms with Gasteiger partial charge >= 0.3 is 0 Å². The van der Waals surface area contributed by atoms with E-state index in [0.29, 0.717) is 0 Å². The van der Waals surface area contributed by atoms with Crippen LogP contribution in [-0.4, -0.2) is 0 Å². The minimum absolute atomic E-state index is 0.104. The third-order valence-electron chi connectivity index (χ3n) is 7.73. The molecule has 0 N–H and O–H groups in total. The summed E-state index contributed by atoms with van der Waals surface area (Å²) in [7, 11) is 0. The summed E-state index contributed by atoms with van der Waals surface area (Å²) in [5.41, 5.74) is 10.9. The van der Waals surface area contributed by atoms with E-state index in [-0.39, 0.29) is 10.8 Å². The first-order valence-electron chi connectivity index (χ1n) is 14.6. The summed E-state index contributed by atoms with van der Waals surface area (Å²) in [6.07, 6.45) is 0. The van der Waals surface area contributed by atoms with Crippen molar-refractivity contribution in [3.8, 4) is 0 Å². The molecule has 5 aromatic carbocycles. The van der Waals surface area contributed by atoms with Crippen molar-refractivity contribution >= 4 is 50.1 Å². The number of hydrogen-bond acceptors (Lipinski definition) is 2. The molecule has 5 rings (SSSR count). The Labute approximate surface area is 260 Å². The number of aryl methyl sites for hydroxylation is 1. The van der Waals surface area contributed by atoms with Crippen molar-refractivity contribution in [1.82, 2.24) is 0 Å². The van der Waals surface area contributed by atoms with Gasteiger partial charge in [-0.2, -0.15) is 0 Å². The fraction of sp³-hybridized carbons (Fsp3) is 0.231. The van der Waals surface area contributed by atoms with Crippen LogP contribution in [0, 0.1) is 6.92 Å². The Morgan fingerprint density at radius 3 is 0.905 bits per heavy atom. The second kappa shape index (κ2) is 11.8. The molecule has 0 spiro atoms. The van der Waals surface area contributed by atoms with Crippen LogP contribution in [0.1, 0.15) is 58.2 Å². The summed E-state index contributed by atoms with van der Waals surface area (Å²) in [4.78, 5) is 4.65. The van der Waals surface area contributed by atoms with Gasteiger partial charge in [-0.25, -0.2) is 0 Å². The Kier molecular flexibility index (Phi) is 8.35. The van der Waals surface area contributed by atoms with Crippen LogP contribution in [0.2, 0.25) is 0 Å². The maximum atomic E-state index is 3.60. The van der Waals surface area contributed by atoms with E-state index in [9.17, 15) is 0 Å². The Balaban J connectivity index is 1.57. The standard InChI is InChI=1S/C39H41BrN2/c1-28-8-16-32(17-9-28)41(33-18-10-29(11-19-33)38(2,3)4)36-24-26-37(27-25-36)42(35-22-14-31(40)15-23-35)34-20-12-30(13-21-34)39(5,6)7/h8-27H,1-7H3. The average Bonchev–Trinajstić information content (AvgIpc) is 2.96. The first-order chi connectivity index (χ1) is 19.9. The highest BCUT2D eigenvalue weighted by molar-refractivity contribution is 9.10. The van der Waals surface area contributed by atoms with E-state index in [2.05, 4.69) is 196 Å². The maximum Gasteiger partial charge on any atom is 0.0463 e. The smallest absolute Gasteiger partial charge is 0.0463 e. The van der Waals surface area contributed by atoms with Crippen molar-refractivity contribution in [2.75, 3.05) is 9.80 Å². The van der Waals surface area contributed by atoms with Crippen LogP contribution >= 0.6 is 15.9 Å². The number of nitrogens with zero attached hydrogens (tertiary/aromatic N) is 2. The monoisotopic (exact) mass is 616 g/mol. The number of hydrogen-bond donors (Lipinski definition) is 0. The second-order valence-electron chi connectivity index (χ2n) is 13.1. The predicted octanol–water partition coefficient (Wildman–Crippen LogP) is 12.3. The van der Waals surface area contributed by atoms with Gasteiger partial charge < -0.3 is 9.80 Å². The van der Waals surface area contributed by atoms with Gasteiger partial charge in [-0.05, 0) is 114 Å². The summed E-state index contributed by atoms with van der Waals surface area (Å²) in [6, 6.07) is 44.1. The van der Waals surface area contributed by atoms with Crippen LogP contribution in [0.25, 0.3) is 0 Å². The zero-order chi connectivity index (χ0) is 30.1. The quantitative estimate of drug-likeness (QED) is 0.187. The maximum absolute atomic E-state index is 3.60. The van der Waals surface area contributed by atoms with Crippen molar-refractivity contribution in [3.63, 3.8) is 0 Å². The van der Waals surface area contributed by atoms with Crippen molar-refractivity contribution in [1.29, 1.82) is 0 Å². The first-order valence-corrected chi connectivity index (χ1v) is 15.4. The molecule has 0 aliphatic rings. The van der Waals surface area contributed by atoms with Gasteiger partial charge in [-0.1, -0.05) is 99.4 Å². The van der Waals surface area contributed by atoms with E-state index in [4.69, 9.17) is 0 Å². The molecule has 0 fully saturated rings. The number of halogens is 1. The summed E-state index contributed by atoms with van der Waals surface area (Å²) in [5.74, 6) is 0. The Bertz CT molecular complexity index is 1480. The molecule has 5 aromatic rings. The fourth-order valence-electron chi connectivity index (χ4n) is 5.15. The molecule has 0 saturated carbocycles. The molecule has 42 heavy (non-hydrogen) atoms. The van der Waals surface area contributed by atoms with Gasteiger partial charge in [0.15, 0.2) is 0 Å². The van der Waals surface area contributed by atoms with Gasteiger partial charge in [0.1, 0.15) is 0 Å². The van der Waals surface area contributed by atoms with Crippen molar-refractivity contribution in [2.45, 2.75) is 59.3 Å². The molecule has 0 aliphatic carbocycles. The van der Waals surface area contributed by atoms with Crippen molar-refractivity contribution in [3.05, 3.63) is 142 Å². The van der Waals surface area contributed by atoms with E-state index in [1.54, 1.807) is 0 Å². The van der Waals surface area contributed by atoms with E-state index < -0.39 is 0 Å². The van der Waals surface area contributed by atoms with E-state index in [1.165, 1.54) is 16.7 Å². The minimum atomic E-state index is 0.104. The lowest BCUT2D eigenvalue weighted by Crippen LogP contribution is -2.14. The van der Waals surface area contributed by atoms with E-state index in [0.717, 1.165) is 38.6 Å². The zero-order valence-corrected chi connectivity index (χ0v) is 27.4. The lowest BCUT2D eigenvalue weighted by Gasteiger charge is -2.29. The minimum Gasteiger partial charge on any atom is -0.311 e. The summed E-state index contributed by atoms with van der Waals surface area (Å²) < 4.78 is 1.07. The normalized spacial score (nSPS) is 11.8. The first kappa shape index (κ1) is 29.7. The highest BCUT2D eigenvalue weighted by Crippen LogP contribution is 2.40. The van der Waals surface area contributed by atoms with Gasteiger partial charge in [-0.3, -0.25) is 0 Å². The molecule has 0 atom stereocenters. The highest BCUT2D eigenvalue weighted by Gasteiger charge is 2.19. The summed E-state index contributed by atoms with van der Waals surface area (Å²) in [5, 5.41) is 0. The molecule has 0 amide bonds. The van der Waals surface area contributed by atoms with Crippen molar-refractivity contribution < 1.29 is 0 Å². The summed E-state index contributed by atoms with van der Waals surface area (Å²) >= 11 is 3.60. The van der Waals surface area contributed by atoms with Gasteiger partial charge in [0.25, 0.3) is 0 Å². The van der Waals surface area contributed by atoms with Gasteiger partial charge in [-0.15, -0.1) is 0 Å². The average molecular weight is 618 g/mol. The second-order valence-corrected chi connectivity index (χ2v) is 14.0. The van der Waals surface area contributed by atoms with Crippen LogP contribution in [0.15, 0.2) is 126 Å². The third kappa shape index (κ3) is 6.63. The largest absolute Gasteiger partial charge is 0.311 e. The molecule has 0 saturated heterocycles. The Morgan fingerprint density at radius 1 is 0.381 bits per heavy atom. The molecule has 214 valence electrons. The third-order valence-corrected chi connectivity index (χ3v) is 8.25. The molecule has 3 heteroatoms. The van der Waals surface area contributed by atoms with Crippen LogP contribution < -0.4 is 9.80 Å². The number of benzene rings is 5. The molecule has 2 nitrogen and oxygen atoms in total. The van der Waals surface area contributed by atoms with Gasteiger partial charge in [0, 0.05) is 38.6 Å². The van der Waals surface area contributed by atoms with E-state index in [1.807, 2.05) is 0 Å². The number of rotatable bonds is 6. The van der Waals surface area contributed by atoms with Gasteiger partial charge in [0.05, 0.1) is 0 Å². The molecule has 0 unspecified atom stereocenters. The lowest BCUT2D eigenvalue weighted by molar-refractivity contribution is 0.590. The Morgan fingerprint density at radius 2 is 0.619 bits per heavy atom. The molecular formula is C39H41BrN2. The number of anilines is 6. The van der Waals surface area contributed by atoms with Gasteiger partial charge in [0.2, 0.25) is 0 Å². The highest BCUT2D eigenvalue weighted by atomic mass is 79.9. The lowest BCUT2D eigenvalue weighted by atomic mass is 9.87.